The molecule has 0 amide bonds. The van der Waals surface area contributed by atoms with Crippen LogP contribution in [0.25, 0.3) is 117 Å². The van der Waals surface area contributed by atoms with Crippen LogP contribution in [0.3, 0.4) is 0 Å². The number of para-hydroxylation sites is 3. The van der Waals surface area contributed by atoms with Gasteiger partial charge in [-0.05, 0) is 134 Å². The first kappa shape index (κ1) is 44.1. The Morgan fingerprint density at radius 1 is 0.400 bits per heavy atom. The topological polar surface area (TPSA) is 35.9 Å². The quantitative estimate of drug-likeness (QED) is 0.149. The molecule has 13 aromatic rings. The molecule has 0 atom stereocenters. The summed E-state index contributed by atoms with van der Waals surface area (Å²) in [6.45, 7) is 6.73. The maximum absolute atomic E-state index is 6.91. The van der Waals surface area contributed by atoms with Gasteiger partial charge in [-0.3, -0.25) is 4.57 Å². The molecule has 75 heavy (non-hydrogen) atoms. The van der Waals surface area contributed by atoms with Crippen molar-refractivity contribution in [3.05, 3.63) is 261 Å². The Bertz CT molecular complexity index is 4310. The van der Waals surface area contributed by atoms with E-state index in [1.165, 1.54) is 44.3 Å². The van der Waals surface area contributed by atoms with Crippen LogP contribution >= 0.6 is 0 Å². The van der Waals surface area contributed by atoms with Gasteiger partial charge in [-0.1, -0.05) is 178 Å². The van der Waals surface area contributed by atoms with Gasteiger partial charge in [-0.2, -0.15) is 9.13 Å². The Labute approximate surface area is 436 Å². The molecule has 0 fully saturated rings. The lowest BCUT2D eigenvalue weighted by atomic mass is 9.87. The molecular formula is C70H51N4O+. The molecule has 0 saturated heterocycles. The zero-order chi connectivity index (χ0) is 50.2. The molecule has 0 radical (unpaired) electrons. The van der Waals surface area contributed by atoms with Gasteiger partial charge < -0.3 is 4.74 Å². The summed E-state index contributed by atoms with van der Waals surface area (Å²) in [5.74, 6) is 2.37. The molecule has 1 aliphatic rings. The number of imidazole rings is 1. The van der Waals surface area contributed by atoms with E-state index in [4.69, 9.17) is 9.72 Å². The Morgan fingerprint density at radius 2 is 0.947 bits per heavy atom. The standard InChI is InChI=1S/C70H51N4O/c1-70(2,3)51-37-38-71-67(42-51)74-64-33-15-14-29-60(64)61-36-35-54(44-66(61)74)75-53-24-16-23-52(43-53)72-45-73-68-55(50-40-48(46-19-6-4-7-20-46)39-49(41-50)47-21-8-5-9-22-47)30-17-31-62(68)58-27-12-10-25-56(58)57-26-11-13-28-59(57)63-32-18-34-65(72)69(63)73/h4-45H,1-3H3/q+1. The van der Waals surface area contributed by atoms with Gasteiger partial charge >= 0.3 is 0 Å². The molecule has 356 valence electrons. The first-order chi connectivity index (χ1) is 36.8. The smallest absolute Gasteiger partial charge is 0.255 e. The second kappa shape index (κ2) is 17.6. The second-order valence-electron chi connectivity index (χ2n) is 20.6. The molecule has 0 unspecified atom stereocenters. The zero-order valence-corrected chi connectivity index (χ0v) is 41.9. The van der Waals surface area contributed by atoms with Crippen LogP contribution in [0.4, 0.5) is 0 Å². The number of benzene rings is 10. The second-order valence-corrected chi connectivity index (χ2v) is 20.6. The van der Waals surface area contributed by atoms with Crippen LogP contribution in [-0.4, -0.2) is 14.1 Å². The van der Waals surface area contributed by atoms with Crippen LogP contribution in [0.5, 0.6) is 11.5 Å². The van der Waals surface area contributed by atoms with Gasteiger partial charge in [0.1, 0.15) is 28.7 Å². The van der Waals surface area contributed by atoms with Gasteiger partial charge in [0.15, 0.2) is 11.0 Å². The summed E-state index contributed by atoms with van der Waals surface area (Å²) < 4.78 is 14.0. The fourth-order valence-corrected chi connectivity index (χ4v) is 11.4. The molecule has 5 nitrogen and oxygen atoms in total. The minimum absolute atomic E-state index is 0.0280. The normalized spacial score (nSPS) is 11.9. The molecule has 14 rings (SSSR count). The minimum atomic E-state index is -0.0280. The van der Waals surface area contributed by atoms with E-state index in [1.807, 2.05) is 12.3 Å². The van der Waals surface area contributed by atoms with Gasteiger partial charge in [0.05, 0.1) is 11.0 Å². The van der Waals surface area contributed by atoms with E-state index >= 15 is 0 Å². The molecule has 4 heterocycles. The highest BCUT2D eigenvalue weighted by Crippen LogP contribution is 2.46. The minimum Gasteiger partial charge on any atom is -0.457 e. The third-order valence-corrected chi connectivity index (χ3v) is 15.0. The van der Waals surface area contributed by atoms with Gasteiger partial charge in [-0.25, -0.2) is 4.98 Å². The molecule has 0 spiro atoms. The van der Waals surface area contributed by atoms with Crippen molar-refractivity contribution < 1.29 is 9.30 Å². The zero-order valence-electron chi connectivity index (χ0n) is 41.9. The highest BCUT2D eigenvalue weighted by molar-refractivity contribution is 6.09. The van der Waals surface area contributed by atoms with E-state index in [-0.39, 0.29) is 5.41 Å². The maximum Gasteiger partial charge on any atom is 0.255 e. The van der Waals surface area contributed by atoms with Crippen molar-refractivity contribution in [2.45, 2.75) is 26.2 Å². The van der Waals surface area contributed by atoms with Crippen LogP contribution in [0.1, 0.15) is 26.3 Å². The lowest BCUT2D eigenvalue weighted by molar-refractivity contribution is -0.566. The number of rotatable bonds is 7. The fraction of sp³-hybridized carbons (Fsp3) is 0.0571. The van der Waals surface area contributed by atoms with Crippen LogP contribution in [-0.2, 0) is 5.41 Å². The Balaban J connectivity index is 0.966. The van der Waals surface area contributed by atoms with Crippen LogP contribution in [0, 0.1) is 0 Å². The molecule has 3 aromatic heterocycles. The van der Waals surface area contributed by atoms with Crippen molar-refractivity contribution in [3.63, 3.8) is 0 Å². The van der Waals surface area contributed by atoms with Gasteiger partial charge in [0, 0.05) is 45.8 Å². The van der Waals surface area contributed by atoms with E-state index in [0.29, 0.717) is 0 Å². The van der Waals surface area contributed by atoms with Gasteiger partial charge in [-0.15, -0.1) is 0 Å². The number of aromatic nitrogens is 4. The summed E-state index contributed by atoms with van der Waals surface area (Å²) in [4.78, 5) is 4.93. The van der Waals surface area contributed by atoms with Crippen molar-refractivity contribution in [1.82, 2.24) is 14.1 Å². The monoisotopic (exact) mass is 963 g/mol. The van der Waals surface area contributed by atoms with E-state index in [0.717, 1.165) is 89.5 Å². The van der Waals surface area contributed by atoms with E-state index in [2.05, 4.69) is 277 Å². The number of fused-ring (bicyclic) bond motifs is 10. The Hall–Kier alpha value is -9.58. The molecule has 0 aliphatic carbocycles. The lowest BCUT2D eigenvalue weighted by Crippen LogP contribution is -2.31. The molecule has 0 saturated carbocycles. The van der Waals surface area contributed by atoms with Gasteiger partial charge in [0.2, 0.25) is 0 Å². The number of ether oxygens (including phenoxy) is 1. The van der Waals surface area contributed by atoms with E-state index < -0.39 is 0 Å². The van der Waals surface area contributed by atoms with Crippen LogP contribution < -0.4 is 9.30 Å². The largest absolute Gasteiger partial charge is 0.457 e. The third-order valence-electron chi connectivity index (χ3n) is 15.0. The third kappa shape index (κ3) is 7.54. The average molecular weight is 964 g/mol. The number of nitrogens with zero attached hydrogens (tertiary/aromatic N) is 4. The fourth-order valence-electron chi connectivity index (χ4n) is 11.4. The highest BCUT2D eigenvalue weighted by Gasteiger charge is 2.31. The van der Waals surface area contributed by atoms with Crippen molar-refractivity contribution >= 4 is 32.8 Å². The molecule has 1 aliphatic heterocycles. The maximum atomic E-state index is 6.91. The summed E-state index contributed by atoms with van der Waals surface area (Å²) in [6, 6.07) is 87.6. The van der Waals surface area contributed by atoms with Crippen molar-refractivity contribution in [2.75, 3.05) is 0 Å². The van der Waals surface area contributed by atoms with Gasteiger partial charge in [0.25, 0.3) is 6.33 Å². The Morgan fingerprint density at radius 3 is 1.67 bits per heavy atom. The molecule has 0 bridgehead atoms. The van der Waals surface area contributed by atoms with Crippen molar-refractivity contribution in [3.8, 4) is 95.5 Å². The molecular weight excluding hydrogens is 913 g/mol. The van der Waals surface area contributed by atoms with Crippen LogP contribution in [0.2, 0.25) is 0 Å². The van der Waals surface area contributed by atoms with E-state index in [1.54, 1.807) is 0 Å². The molecule has 10 aromatic carbocycles. The number of hydrogen-bond donors (Lipinski definition) is 0. The summed E-state index contributed by atoms with van der Waals surface area (Å²) >= 11 is 0. The van der Waals surface area contributed by atoms with Crippen molar-refractivity contribution in [1.29, 1.82) is 0 Å². The summed E-state index contributed by atoms with van der Waals surface area (Å²) in [5, 5.41) is 2.32. The first-order valence-corrected chi connectivity index (χ1v) is 25.8. The molecule has 0 N–H and O–H groups in total. The van der Waals surface area contributed by atoms with E-state index in [9.17, 15) is 0 Å². The number of hydrogen-bond acceptors (Lipinski definition) is 2. The Kier molecular flexibility index (Phi) is 10.3. The summed E-state index contributed by atoms with van der Waals surface area (Å²) in [7, 11) is 0. The summed E-state index contributed by atoms with van der Waals surface area (Å²) in [5.41, 5.74) is 21.6. The average Bonchev–Trinajstić information content (AvgIpc) is 4.02. The SMILES string of the molecule is CC(C)(C)c1ccnc(-n2c3ccccc3c3ccc(Oc4cccc(-n5c[n+]6c7c(cccc75)-c5ccccc5-c5ccccc5-c5cccc(-c7cc(-c8ccccc8)cc(-c8ccccc8)c7)c5-6)c4)cc32)c1. The van der Waals surface area contributed by atoms with Crippen LogP contribution in [0.15, 0.2) is 255 Å². The number of pyridine rings is 1. The highest BCUT2D eigenvalue weighted by atomic mass is 16.5. The van der Waals surface area contributed by atoms with Crippen molar-refractivity contribution in [2.24, 2.45) is 0 Å². The predicted octanol–water partition coefficient (Wildman–Crippen LogP) is 17.8. The first-order valence-electron chi connectivity index (χ1n) is 25.8. The summed E-state index contributed by atoms with van der Waals surface area (Å²) in [6.07, 6.45) is 4.21. The predicted molar refractivity (Wildman–Crippen MR) is 308 cm³/mol. The lowest BCUT2D eigenvalue weighted by Gasteiger charge is -2.20. The molecule has 5 heteroatoms.